The fourth-order valence-electron chi connectivity index (χ4n) is 2.01. The molecule has 1 aliphatic heterocycles. The van der Waals surface area contributed by atoms with Crippen molar-refractivity contribution in [2.24, 2.45) is 0 Å². The highest BCUT2D eigenvalue weighted by atomic mass is 127. The molecule has 0 amide bonds. The van der Waals surface area contributed by atoms with E-state index in [4.69, 9.17) is 9.47 Å². The molecule has 0 aliphatic carbocycles. The Labute approximate surface area is 144 Å². The van der Waals surface area contributed by atoms with Crippen LogP contribution in [0.15, 0.2) is 40.9 Å². The minimum absolute atomic E-state index is 0.233. The number of nitriles is 1. The highest BCUT2D eigenvalue weighted by Gasteiger charge is 2.16. The van der Waals surface area contributed by atoms with E-state index in [1.807, 2.05) is 42.5 Å². The summed E-state index contributed by atoms with van der Waals surface area (Å²) in [6.07, 6.45) is 1.84. The molecule has 0 atom stereocenters. The lowest BCUT2D eigenvalue weighted by atomic mass is 10.0. The number of halogens is 2. The Hall–Kier alpha value is -1.52. The molecular formula is C16H9BrINO2. The van der Waals surface area contributed by atoms with Gasteiger partial charge in [0.15, 0.2) is 11.5 Å². The Morgan fingerprint density at radius 3 is 2.52 bits per heavy atom. The van der Waals surface area contributed by atoms with Gasteiger partial charge in [-0.3, -0.25) is 0 Å². The van der Waals surface area contributed by atoms with E-state index in [9.17, 15) is 5.26 Å². The van der Waals surface area contributed by atoms with Gasteiger partial charge in [0.05, 0.1) is 11.6 Å². The van der Waals surface area contributed by atoms with Gasteiger partial charge in [0.1, 0.15) is 0 Å². The van der Waals surface area contributed by atoms with Crippen molar-refractivity contribution in [1.29, 1.82) is 5.26 Å². The number of hydrogen-bond acceptors (Lipinski definition) is 3. The molecule has 1 aliphatic rings. The lowest BCUT2D eigenvalue weighted by Crippen LogP contribution is -1.92. The first-order chi connectivity index (χ1) is 10.2. The number of rotatable bonds is 2. The third kappa shape index (κ3) is 3.06. The molecule has 0 radical (unpaired) electrons. The van der Waals surface area contributed by atoms with Gasteiger partial charge in [0.25, 0.3) is 0 Å². The zero-order chi connectivity index (χ0) is 14.8. The Morgan fingerprint density at radius 2 is 1.86 bits per heavy atom. The van der Waals surface area contributed by atoms with Gasteiger partial charge in [0.2, 0.25) is 6.79 Å². The highest BCUT2D eigenvalue weighted by Crippen LogP contribution is 2.38. The molecule has 104 valence electrons. The van der Waals surface area contributed by atoms with E-state index in [1.165, 1.54) is 0 Å². The van der Waals surface area contributed by atoms with Crippen LogP contribution in [0.3, 0.4) is 0 Å². The summed E-state index contributed by atoms with van der Waals surface area (Å²) in [7, 11) is 0. The van der Waals surface area contributed by atoms with Crippen molar-refractivity contribution < 1.29 is 9.47 Å². The smallest absolute Gasteiger partial charge is 0.231 e. The van der Waals surface area contributed by atoms with Crippen LogP contribution in [0.4, 0.5) is 0 Å². The van der Waals surface area contributed by atoms with E-state index in [0.717, 1.165) is 19.2 Å². The predicted octanol–water partition coefficient (Wildman–Crippen LogP) is 4.85. The maximum atomic E-state index is 9.40. The minimum Gasteiger partial charge on any atom is -0.454 e. The lowest BCUT2D eigenvalue weighted by Gasteiger charge is -2.04. The van der Waals surface area contributed by atoms with E-state index >= 15 is 0 Å². The first-order valence-electron chi connectivity index (χ1n) is 6.14. The summed E-state index contributed by atoms with van der Waals surface area (Å²) in [5, 5.41) is 9.40. The maximum Gasteiger partial charge on any atom is 0.231 e. The second-order valence-electron chi connectivity index (χ2n) is 4.40. The molecule has 0 bridgehead atoms. The van der Waals surface area contributed by atoms with Crippen molar-refractivity contribution in [2.75, 3.05) is 6.79 Å². The molecule has 3 rings (SSSR count). The molecule has 3 nitrogen and oxygen atoms in total. The number of benzene rings is 2. The van der Waals surface area contributed by atoms with E-state index in [-0.39, 0.29) is 6.79 Å². The number of hydrogen-bond donors (Lipinski definition) is 0. The standard InChI is InChI=1S/C16H9BrINO2/c17-14-7-16-15(20-9-21-16)6-11(14)5-12(8-19)10-1-3-13(18)4-2-10/h1-7H,9H2/b12-5+. The third-order valence-corrected chi connectivity index (χ3v) is 4.47. The Bertz CT molecular complexity index is 763. The minimum atomic E-state index is 0.233. The molecule has 0 spiro atoms. The summed E-state index contributed by atoms with van der Waals surface area (Å²) in [5.41, 5.74) is 2.38. The Kier molecular flexibility index (Phi) is 4.17. The van der Waals surface area contributed by atoms with Crippen LogP contribution in [-0.4, -0.2) is 6.79 Å². The van der Waals surface area contributed by atoms with Crippen LogP contribution >= 0.6 is 38.5 Å². The second kappa shape index (κ2) is 6.08. The van der Waals surface area contributed by atoms with E-state index < -0.39 is 0 Å². The molecule has 0 unspecified atom stereocenters. The number of nitrogens with zero attached hydrogens (tertiary/aromatic N) is 1. The van der Waals surface area contributed by atoms with E-state index in [2.05, 4.69) is 44.6 Å². The van der Waals surface area contributed by atoms with Crippen LogP contribution in [0.1, 0.15) is 11.1 Å². The van der Waals surface area contributed by atoms with Gasteiger partial charge >= 0.3 is 0 Å². The van der Waals surface area contributed by atoms with Crippen molar-refractivity contribution in [3.63, 3.8) is 0 Å². The normalized spacial score (nSPS) is 13.1. The SMILES string of the molecule is N#C/C(=C\c1cc2c(cc1Br)OCO2)c1ccc(I)cc1. The molecule has 0 aromatic heterocycles. The Morgan fingerprint density at radius 1 is 1.19 bits per heavy atom. The van der Waals surface area contributed by atoms with Crippen LogP contribution in [-0.2, 0) is 0 Å². The third-order valence-electron chi connectivity index (χ3n) is 3.07. The monoisotopic (exact) mass is 453 g/mol. The van der Waals surface area contributed by atoms with Crippen molar-refractivity contribution >= 4 is 50.2 Å². The molecule has 2 aromatic rings. The summed E-state index contributed by atoms with van der Waals surface area (Å²) < 4.78 is 12.7. The molecule has 0 saturated carbocycles. The zero-order valence-corrected chi connectivity index (χ0v) is 14.5. The number of allylic oxidation sites excluding steroid dienone is 1. The van der Waals surface area contributed by atoms with Gasteiger partial charge in [-0.25, -0.2) is 0 Å². The summed E-state index contributed by atoms with van der Waals surface area (Å²) in [6, 6.07) is 13.8. The first kappa shape index (κ1) is 14.4. The highest BCUT2D eigenvalue weighted by molar-refractivity contribution is 14.1. The summed E-state index contributed by atoms with van der Waals surface area (Å²) in [4.78, 5) is 0. The largest absolute Gasteiger partial charge is 0.454 e. The van der Waals surface area contributed by atoms with Gasteiger partial charge in [-0.05, 0) is 64.1 Å². The molecule has 0 saturated heterocycles. The quantitative estimate of drug-likeness (QED) is 0.371. The van der Waals surface area contributed by atoms with E-state index in [0.29, 0.717) is 17.1 Å². The molecule has 0 N–H and O–H groups in total. The number of ether oxygens (including phenoxy) is 2. The van der Waals surface area contributed by atoms with Gasteiger partial charge in [0, 0.05) is 8.04 Å². The summed E-state index contributed by atoms with van der Waals surface area (Å²) in [5.74, 6) is 1.41. The second-order valence-corrected chi connectivity index (χ2v) is 6.50. The van der Waals surface area contributed by atoms with Gasteiger partial charge in [-0.1, -0.05) is 28.1 Å². The van der Waals surface area contributed by atoms with Gasteiger partial charge < -0.3 is 9.47 Å². The average Bonchev–Trinajstić information content (AvgIpc) is 2.93. The fourth-order valence-corrected chi connectivity index (χ4v) is 2.81. The maximum absolute atomic E-state index is 9.40. The molecule has 1 heterocycles. The molecule has 2 aromatic carbocycles. The fraction of sp³-hybridized carbons (Fsp3) is 0.0625. The summed E-state index contributed by atoms with van der Waals surface area (Å²) in [6.45, 7) is 0.233. The average molecular weight is 454 g/mol. The van der Waals surface area contributed by atoms with Crippen molar-refractivity contribution in [3.8, 4) is 17.6 Å². The number of fused-ring (bicyclic) bond motifs is 1. The topological polar surface area (TPSA) is 42.2 Å². The summed E-state index contributed by atoms with van der Waals surface area (Å²) >= 11 is 5.74. The van der Waals surface area contributed by atoms with Gasteiger partial charge in [-0.15, -0.1) is 0 Å². The molecule has 0 fully saturated rings. The van der Waals surface area contributed by atoms with Crippen LogP contribution in [0, 0.1) is 14.9 Å². The van der Waals surface area contributed by atoms with Crippen LogP contribution in [0.2, 0.25) is 0 Å². The van der Waals surface area contributed by atoms with Crippen LogP contribution in [0.25, 0.3) is 11.6 Å². The van der Waals surface area contributed by atoms with E-state index in [1.54, 1.807) is 0 Å². The predicted molar refractivity (Wildman–Crippen MR) is 92.9 cm³/mol. The van der Waals surface area contributed by atoms with Crippen molar-refractivity contribution in [2.45, 2.75) is 0 Å². The van der Waals surface area contributed by atoms with Crippen molar-refractivity contribution in [3.05, 3.63) is 55.6 Å². The lowest BCUT2D eigenvalue weighted by molar-refractivity contribution is 0.174. The zero-order valence-electron chi connectivity index (χ0n) is 10.8. The van der Waals surface area contributed by atoms with Crippen molar-refractivity contribution in [1.82, 2.24) is 0 Å². The Balaban J connectivity index is 2.03. The molecule has 21 heavy (non-hydrogen) atoms. The van der Waals surface area contributed by atoms with Crippen LogP contribution < -0.4 is 9.47 Å². The van der Waals surface area contributed by atoms with Crippen LogP contribution in [0.5, 0.6) is 11.5 Å². The first-order valence-corrected chi connectivity index (χ1v) is 8.01. The van der Waals surface area contributed by atoms with Gasteiger partial charge in [-0.2, -0.15) is 5.26 Å². The molecular weight excluding hydrogens is 445 g/mol. The molecule has 5 heteroatoms.